The molecule has 4 aliphatic rings. The van der Waals surface area contributed by atoms with E-state index in [2.05, 4.69) is 17.4 Å². The van der Waals surface area contributed by atoms with E-state index < -0.39 is 0 Å². The zero-order valence-corrected chi connectivity index (χ0v) is 17.1. The van der Waals surface area contributed by atoms with Crippen molar-refractivity contribution in [2.75, 3.05) is 13.2 Å². The fraction of sp³-hybridized carbons (Fsp3) is 0.682. The number of fused-ring (bicyclic) bond motifs is 3. The number of halogens is 1. The van der Waals surface area contributed by atoms with Gasteiger partial charge in [0, 0.05) is 12.0 Å². The van der Waals surface area contributed by atoms with Gasteiger partial charge in [0.05, 0.1) is 6.04 Å². The third-order valence-corrected chi connectivity index (χ3v) is 7.10. The van der Waals surface area contributed by atoms with Crippen LogP contribution in [0.15, 0.2) is 18.2 Å². The van der Waals surface area contributed by atoms with E-state index >= 15 is 0 Å². The van der Waals surface area contributed by atoms with Gasteiger partial charge in [0.25, 0.3) is 0 Å². The Morgan fingerprint density at radius 3 is 2.39 bits per heavy atom. The Labute approximate surface area is 173 Å². The SMILES string of the molecule is Cl.NC1C2CCCC1CC(C(=O)NC(c1ccc3c(c1)OCCO3)C1CC1)C2. The van der Waals surface area contributed by atoms with Gasteiger partial charge in [0.2, 0.25) is 5.91 Å². The zero-order chi connectivity index (χ0) is 18.4. The number of ether oxygens (including phenoxy) is 2. The van der Waals surface area contributed by atoms with Crippen LogP contribution in [0.1, 0.15) is 56.6 Å². The summed E-state index contributed by atoms with van der Waals surface area (Å²) in [6.07, 6.45) is 7.94. The molecule has 3 aliphatic carbocycles. The molecule has 5 nitrogen and oxygen atoms in total. The average molecular weight is 407 g/mol. The summed E-state index contributed by atoms with van der Waals surface area (Å²) in [5.41, 5.74) is 7.55. The maximum absolute atomic E-state index is 13.1. The Balaban J connectivity index is 0.00000192. The van der Waals surface area contributed by atoms with Crippen LogP contribution >= 0.6 is 12.4 Å². The molecule has 0 spiro atoms. The molecule has 2 bridgehead atoms. The molecular weight excluding hydrogens is 376 g/mol. The number of rotatable bonds is 4. The van der Waals surface area contributed by atoms with Gasteiger partial charge in [-0.25, -0.2) is 0 Å². The van der Waals surface area contributed by atoms with Crippen LogP contribution in [0.25, 0.3) is 0 Å². The van der Waals surface area contributed by atoms with Crippen molar-refractivity contribution < 1.29 is 14.3 Å². The van der Waals surface area contributed by atoms with E-state index in [1.165, 1.54) is 32.1 Å². The molecule has 3 unspecified atom stereocenters. The van der Waals surface area contributed by atoms with E-state index in [0.717, 1.165) is 29.9 Å². The molecule has 1 aromatic rings. The zero-order valence-electron chi connectivity index (χ0n) is 16.3. The molecule has 0 saturated heterocycles. The van der Waals surface area contributed by atoms with Crippen LogP contribution in [-0.2, 0) is 4.79 Å². The maximum atomic E-state index is 13.1. The summed E-state index contributed by atoms with van der Waals surface area (Å²) in [7, 11) is 0. The Kier molecular flexibility index (Phi) is 5.75. The normalized spacial score (nSPS) is 32.0. The van der Waals surface area contributed by atoms with E-state index in [9.17, 15) is 4.79 Å². The second kappa shape index (κ2) is 8.11. The first-order valence-electron chi connectivity index (χ1n) is 10.6. The summed E-state index contributed by atoms with van der Waals surface area (Å²) in [6, 6.07) is 6.52. The molecule has 5 rings (SSSR count). The molecule has 1 aliphatic heterocycles. The lowest BCUT2D eigenvalue weighted by molar-refractivity contribution is -0.128. The largest absolute Gasteiger partial charge is 0.486 e. The van der Waals surface area contributed by atoms with Crippen molar-refractivity contribution in [1.82, 2.24) is 5.32 Å². The molecule has 0 radical (unpaired) electrons. The fourth-order valence-corrected chi connectivity index (χ4v) is 5.43. The van der Waals surface area contributed by atoms with Crippen LogP contribution in [0.4, 0.5) is 0 Å². The average Bonchev–Trinajstić information content (AvgIpc) is 3.50. The lowest BCUT2D eigenvalue weighted by atomic mass is 9.65. The second-order valence-electron chi connectivity index (χ2n) is 8.92. The van der Waals surface area contributed by atoms with Crippen LogP contribution in [-0.4, -0.2) is 25.2 Å². The number of benzene rings is 1. The van der Waals surface area contributed by atoms with Gasteiger partial charge in [0.1, 0.15) is 13.2 Å². The number of hydrogen-bond acceptors (Lipinski definition) is 4. The summed E-state index contributed by atoms with van der Waals surface area (Å²) >= 11 is 0. The van der Waals surface area contributed by atoms with Crippen molar-refractivity contribution in [2.24, 2.45) is 29.4 Å². The Bertz CT molecular complexity index is 710. The first-order chi connectivity index (χ1) is 13.2. The molecule has 1 heterocycles. The predicted molar refractivity (Wildman–Crippen MR) is 110 cm³/mol. The number of nitrogens with one attached hydrogen (secondary N) is 1. The second-order valence-corrected chi connectivity index (χ2v) is 8.92. The van der Waals surface area contributed by atoms with E-state index in [4.69, 9.17) is 15.2 Å². The summed E-state index contributed by atoms with van der Waals surface area (Å²) < 4.78 is 11.4. The number of hydrogen-bond donors (Lipinski definition) is 2. The monoisotopic (exact) mass is 406 g/mol. The lowest BCUT2D eigenvalue weighted by Gasteiger charge is -2.43. The van der Waals surface area contributed by atoms with Crippen LogP contribution in [0, 0.1) is 23.7 Å². The molecule has 1 amide bonds. The number of carbonyl (C=O) groups is 1. The molecule has 3 N–H and O–H groups in total. The van der Waals surface area contributed by atoms with Gasteiger partial charge in [-0.05, 0) is 74.0 Å². The third-order valence-electron chi connectivity index (χ3n) is 7.10. The van der Waals surface area contributed by atoms with Crippen molar-refractivity contribution in [3.05, 3.63) is 23.8 Å². The van der Waals surface area contributed by atoms with Gasteiger partial charge in [-0.15, -0.1) is 12.4 Å². The van der Waals surface area contributed by atoms with Crippen molar-refractivity contribution in [1.29, 1.82) is 0 Å². The van der Waals surface area contributed by atoms with E-state index in [0.29, 0.717) is 37.0 Å². The minimum Gasteiger partial charge on any atom is -0.486 e. The highest BCUT2D eigenvalue weighted by Gasteiger charge is 2.42. The van der Waals surface area contributed by atoms with Gasteiger partial charge < -0.3 is 20.5 Å². The van der Waals surface area contributed by atoms with Crippen LogP contribution < -0.4 is 20.5 Å². The first kappa shape index (κ1) is 19.8. The number of carbonyl (C=O) groups excluding carboxylic acids is 1. The summed E-state index contributed by atoms with van der Waals surface area (Å²) in [6.45, 7) is 1.18. The maximum Gasteiger partial charge on any atom is 0.223 e. The standard InChI is InChI=1S/C22H30N2O3.ClH/c23-20-14-2-1-3-15(20)11-17(10-14)22(25)24-21(13-4-5-13)16-6-7-18-19(12-16)27-9-8-26-18;/h6-7,12-15,17,20-21H,1-5,8-11,23H2,(H,24,25);1H. The van der Waals surface area contributed by atoms with Crippen LogP contribution in [0.5, 0.6) is 11.5 Å². The highest BCUT2D eigenvalue weighted by atomic mass is 35.5. The molecule has 0 aromatic heterocycles. The number of nitrogens with two attached hydrogens (primary N) is 1. The molecule has 28 heavy (non-hydrogen) atoms. The van der Waals surface area contributed by atoms with E-state index in [1.54, 1.807) is 0 Å². The molecule has 154 valence electrons. The molecule has 6 heteroatoms. The minimum atomic E-state index is 0. The lowest BCUT2D eigenvalue weighted by Crippen LogP contribution is -2.49. The molecular formula is C22H31ClN2O3. The molecule has 3 atom stereocenters. The molecule has 3 saturated carbocycles. The summed E-state index contributed by atoms with van der Waals surface area (Å²) in [4.78, 5) is 13.1. The number of amides is 1. The van der Waals surface area contributed by atoms with E-state index in [1.807, 2.05) is 6.07 Å². The van der Waals surface area contributed by atoms with Crippen LogP contribution in [0.2, 0.25) is 0 Å². The quantitative estimate of drug-likeness (QED) is 0.801. The highest BCUT2D eigenvalue weighted by molar-refractivity contribution is 5.85. The summed E-state index contributed by atoms with van der Waals surface area (Å²) in [5.74, 6) is 3.56. The predicted octanol–water partition coefficient (Wildman–Crippen LogP) is 3.60. The van der Waals surface area contributed by atoms with Crippen molar-refractivity contribution in [3.63, 3.8) is 0 Å². The van der Waals surface area contributed by atoms with Crippen molar-refractivity contribution in [3.8, 4) is 11.5 Å². The topological polar surface area (TPSA) is 73.6 Å². The van der Waals surface area contributed by atoms with Crippen molar-refractivity contribution >= 4 is 18.3 Å². The van der Waals surface area contributed by atoms with Crippen molar-refractivity contribution in [2.45, 2.75) is 57.0 Å². The highest BCUT2D eigenvalue weighted by Crippen LogP contribution is 2.45. The summed E-state index contributed by atoms with van der Waals surface area (Å²) in [5, 5.41) is 3.40. The minimum absolute atomic E-state index is 0. The van der Waals surface area contributed by atoms with E-state index in [-0.39, 0.29) is 30.3 Å². The van der Waals surface area contributed by atoms with Gasteiger partial charge in [0.15, 0.2) is 11.5 Å². The van der Waals surface area contributed by atoms with Gasteiger partial charge in [-0.3, -0.25) is 4.79 Å². The molecule has 3 fully saturated rings. The fourth-order valence-electron chi connectivity index (χ4n) is 5.43. The van der Waals surface area contributed by atoms with Gasteiger partial charge >= 0.3 is 0 Å². The Hall–Kier alpha value is -1.46. The molecule has 1 aromatic carbocycles. The third kappa shape index (κ3) is 3.84. The van der Waals surface area contributed by atoms with Gasteiger partial charge in [-0.1, -0.05) is 12.5 Å². The van der Waals surface area contributed by atoms with Gasteiger partial charge in [-0.2, -0.15) is 0 Å². The first-order valence-corrected chi connectivity index (χ1v) is 10.6. The Morgan fingerprint density at radius 2 is 1.71 bits per heavy atom. The Morgan fingerprint density at radius 1 is 1.04 bits per heavy atom. The smallest absolute Gasteiger partial charge is 0.223 e. The van der Waals surface area contributed by atoms with Crippen LogP contribution in [0.3, 0.4) is 0 Å².